The fourth-order valence-corrected chi connectivity index (χ4v) is 6.95. The highest BCUT2D eigenvalue weighted by Gasteiger charge is 2.19. The van der Waals surface area contributed by atoms with Gasteiger partial charge in [0.25, 0.3) is 0 Å². The Morgan fingerprint density at radius 3 is 1.98 bits per heavy atom. The molecule has 9 rings (SSSR count). The normalized spacial score (nSPS) is 11.6. The summed E-state index contributed by atoms with van der Waals surface area (Å²) >= 11 is 1.72. The zero-order valence-electron chi connectivity index (χ0n) is 23.2. The lowest BCUT2D eigenvalue weighted by Gasteiger charge is -2.08. The highest BCUT2D eigenvalue weighted by molar-refractivity contribution is 7.26. The Hall–Kier alpha value is -5.79. The first-order valence-corrected chi connectivity index (χ1v) is 15.1. The van der Waals surface area contributed by atoms with Gasteiger partial charge in [0.1, 0.15) is 17.5 Å². The van der Waals surface area contributed by atoms with Gasteiger partial charge >= 0.3 is 0 Å². The van der Waals surface area contributed by atoms with Crippen LogP contribution in [-0.2, 0) is 0 Å². The molecule has 0 aliphatic carbocycles. The van der Waals surface area contributed by atoms with Gasteiger partial charge in [0.15, 0.2) is 17.5 Å². The molecule has 0 atom stereocenters. The van der Waals surface area contributed by atoms with Crippen molar-refractivity contribution < 1.29 is 4.42 Å². The van der Waals surface area contributed by atoms with Gasteiger partial charge in [-0.25, -0.2) is 24.9 Å². The molecule has 0 radical (unpaired) electrons. The lowest BCUT2D eigenvalue weighted by molar-refractivity contribution is 0.669. The van der Waals surface area contributed by atoms with Crippen LogP contribution >= 0.6 is 11.3 Å². The quantitative estimate of drug-likeness (QED) is 0.205. The van der Waals surface area contributed by atoms with E-state index in [1.807, 2.05) is 78.9 Å². The molecule has 7 heteroatoms. The molecule has 5 aromatic carbocycles. The second-order valence-corrected chi connectivity index (χ2v) is 11.6. The second-order valence-electron chi connectivity index (χ2n) is 10.5. The SMILES string of the molecule is c1ccc(-c2nc(-c3ccccc3)nc(-c3cccc4c3oc3ccc(-c5ncnc6c5sc5ccccc56)cc34)n2)cc1. The van der Waals surface area contributed by atoms with Crippen molar-refractivity contribution in [3.8, 4) is 45.4 Å². The molecule has 0 bridgehead atoms. The van der Waals surface area contributed by atoms with E-state index in [0.29, 0.717) is 17.5 Å². The molecule has 0 fully saturated rings. The van der Waals surface area contributed by atoms with Crippen LogP contribution in [0, 0.1) is 0 Å². The van der Waals surface area contributed by atoms with E-state index >= 15 is 0 Å². The van der Waals surface area contributed by atoms with Crippen molar-refractivity contribution in [3.63, 3.8) is 0 Å². The van der Waals surface area contributed by atoms with E-state index in [0.717, 1.165) is 65.5 Å². The van der Waals surface area contributed by atoms with E-state index in [1.165, 1.54) is 4.70 Å². The zero-order chi connectivity index (χ0) is 29.0. The lowest BCUT2D eigenvalue weighted by atomic mass is 10.0. The maximum Gasteiger partial charge on any atom is 0.167 e. The third-order valence-corrected chi connectivity index (χ3v) is 9.04. The topological polar surface area (TPSA) is 77.6 Å². The fraction of sp³-hybridized carbons (Fsp3) is 0. The first kappa shape index (κ1) is 24.8. The van der Waals surface area contributed by atoms with Crippen LogP contribution in [0.4, 0.5) is 0 Å². The summed E-state index contributed by atoms with van der Waals surface area (Å²) in [6.45, 7) is 0. The van der Waals surface area contributed by atoms with E-state index in [2.05, 4.69) is 47.4 Å². The maximum atomic E-state index is 6.52. The van der Waals surface area contributed by atoms with Crippen LogP contribution in [0.1, 0.15) is 0 Å². The fourth-order valence-electron chi connectivity index (χ4n) is 5.78. The molecule has 6 nitrogen and oxygen atoms in total. The van der Waals surface area contributed by atoms with Crippen LogP contribution in [0.2, 0.25) is 0 Å². The summed E-state index contributed by atoms with van der Waals surface area (Å²) in [5.41, 5.74) is 7.10. The number of thiophene rings is 1. The highest BCUT2D eigenvalue weighted by atomic mass is 32.1. The average Bonchev–Trinajstić information content (AvgIpc) is 3.67. The minimum absolute atomic E-state index is 0.561. The number of para-hydroxylation sites is 1. The van der Waals surface area contributed by atoms with E-state index < -0.39 is 0 Å². The molecule has 0 amide bonds. The minimum Gasteiger partial charge on any atom is -0.455 e. The largest absolute Gasteiger partial charge is 0.455 e. The van der Waals surface area contributed by atoms with Gasteiger partial charge in [0.2, 0.25) is 0 Å². The van der Waals surface area contributed by atoms with Crippen LogP contribution in [0.15, 0.2) is 132 Å². The van der Waals surface area contributed by atoms with E-state index in [-0.39, 0.29) is 0 Å². The van der Waals surface area contributed by atoms with Gasteiger partial charge in [-0.1, -0.05) is 91.0 Å². The van der Waals surface area contributed by atoms with Gasteiger partial charge in [-0.3, -0.25) is 0 Å². The molecular weight excluding hydrogens is 563 g/mol. The Morgan fingerprint density at radius 1 is 0.523 bits per heavy atom. The number of rotatable bonds is 4. The molecule has 9 aromatic rings. The Morgan fingerprint density at radius 2 is 1.20 bits per heavy atom. The number of hydrogen-bond donors (Lipinski definition) is 0. The molecule has 0 N–H and O–H groups in total. The first-order chi connectivity index (χ1) is 21.8. The van der Waals surface area contributed by atoms with Crippen LogP contribution in [0.3, 0.4) is 0 Å². The van der Waals surface area contributed by atoms with Crippen LogP contribution in [-0.4, -0.2) is 24.9 Å². The molecule has 206 valence electrons. The predicted octanol–water partition coefficient (Wildman–Crippen LogP) is 9.60. The van der Waals surface area contributed by atoms with Gasteiger partial charge in [0, 0.05) is 37.5 Å². The number of nitrogens with zero attached hydrogens (tertiary/aromatic N) is 5. The lowest BCUT2D eigenvalue weighted by Crippen LogP contribution is -2.00. The molecule has 4 aromatic heterocycles. The molecule has 44 heavy (non-hydrogen) atoms. The van der Waals surface area contributed by atoms with Gasteiger partial charge in [-0.15, -0.1) is 11.3 Å². The smallest absolute Gasteiger partial charge is 0.167 e. The molecule has 0 saturated carbocycles. The van der Waals surface area contributed by atoms with Gasteiger partial charge < -0.3 is 4.42 Å². The Kier molecular flexibility index (Phi) is 5.57. The van der Waals surface area contributed by atoms with Crippen molar-refractivity contribution in [3.05, 3.63) is 128 Å². The summed E-state index contributed by atoms with van der Waals surface area (Å²) in [4.78, 5) is 24.1. The van der Waals surface area contributed by atoms with E-state index in [9.17, 15) is 0 Å². The number of aromatic nitrogens is 5. The zero-order valence-corrected chi connectivity index (χ0v) is 24.0. The van der Waals surface area contributed by atoms with Crippen molar-refractivity contribution in [1.82, 2.24) is 24.9 Å². The highest BCUT2D eigenvalue weighted by Crippen LogP contribution is 2.40. The maximum absolute atomic E-state index is 6.52. The molecule has 0 aliphatic heterocycles. The second kappa shape index (κ2) is 9.90. The van der Waals surface area contributed by atoms with Gasteiger partial charge in [-0.05, 0) is 30.3 Å². The average molecular weight is 584 g/mol. The summed E-state index contributed by atoms with van der Waals surface area (Å²) in [6, 6.07) is 40.7. The summed E-state index contributed by atoms with van der Waals surface area (Å²) in [5.74, 6) is 1.78. The van der Waals surface area contributed by atoms with E-state index in [1.54, 1.807) is 17.7 Å². The number of hydrogen-bond acceptors (Lipinski definition) is 7. The van der Waals surface area contributed by atoms with Crippen molar-refractivity contribution >= 4 is 53.6 Å². The van der Waals surface area contributed by atoms with Crippen molar-refractivity contribution in [2.45, 2.75) is 0 Å². The van der Waals surface area contributed by atoms with Gasteiger partial charge in [0.05, 0.1) is 21.5 Å². The molecule has 0 spiro atoms. The van der Waals surface area contributed by atoms with Crippen LogP contribution in [0.25, 0.3) is 87.7 Å². The summed E-state index contributed by atoms with van der Waals surface area (Å²) in [7, 11) is 0. The number of benzene rings is 5. The monoisotopic (exact) mass is 583 g/mol. The molecule has 4 heterocycles. The molecule has 0 unspecified atom stereocenters. The van der Waals surface area contributed by atoms with Crippen molar-refractivity contribution in [2.24, 2.45) is 0 Å². The standard InChI is InChI=1S/C37H21N5OS/c1-3-10-22(11-4-1)35-40-36(23-12-5-2-6-13-23)42-37(41-35)27-16-9-15-25-28-20-24(18-19-29(28)43-33(25)27)31-34-32(39-21-38-31)26-14-7-8-17-30(26)44-34/h1-21H. The molecule has 0 aliphatic rings. The third-order valence-electron chi connectivity index (χ3n) is 7.87. The predicted molar refractivity (Wildman–Crippen MR) is 177 cm³/mol. The van der Waals surface area contributed by atoms with Crippen molar-refractivity contribution in [1.29, 1.82) is 0 Å². The summed E-state index contributed by atoms with van der Waals surface area (Å²) < 4.78 is 8.80. The van der Waals surface area contributed by atoms with Crippen LogP contribution < -0.4 is 0 Å². The van der Waals surface area contributed by atoms with E-state index in [4.69, 9.17) is 24.4 Å². The Bertz CT molecular complexity index is 2450. The Labute approximate surface area is 255 Å². The first-order valence-electron chi connectivity index (χ1n) is 14.3. The molecule has 0 saturated heterocycles. The van der Waals surface area contributed by atoms with Crippen LogP contribution in [0.5, 0.6) is 0 Å². The minimum atomic E-state index is 0.561. The number of furan rings is 1. The Balaban J connectivity index is 1.24. The van der Waals surface area contributed by atoms with Gasteiger partial charge in [-0.2, -0.15) is 0 Å². The summed E-state index contributed by atoms with van der Waals surface area (Å²) in [6.07, 6.45) is 1.65. The number of fused-ring (bicyclic) bond motifs is 6. The third kappa shape index (κ3) is 3.98. The molecular formula is C37H21N5OS. The summed E-state index contributed by atoms with van der Waals surface area (Å²) in [5, 5.41) is 3.15. The van der Waals surface area contributed by atoms with Crippen molar-refractivity contribution in [2.75, 3.05) is 0 Å².